The number of para-hydroxylation sites is 1. The summed E-state index contributed by atoms with van der Waals surface area (Å²) in [5.41, 5.74) is 7.80. The molecule has 0 atom stereocenters. The molecule has 0 spiro atoms. The van der Waals surface area contributed by atoms with Crippen molar-refractivity contribution in [3.8, 4) is 6.07 Å². The third-order valence-electron chi connectivity index (χ3n) is 1.76. The Balaban J connectivity index is 2.67. The first-order valence-electron chi connectivity index (χ1n) is 4.10. The molecular formula is C10H12N2S. The van der Waals surface area contributed by atoms with Crippen LogP contribution >= 0.6 is 11.8 Å². The van der Waals surface area contributed by atoms with E-state index >= 15 is 0 Å². The second-order valence-electron chi connectivity index (χ2n) is 2.74. The van der Waals surface area contributed by atoms with Gasteiger partial charge in [0.2, 0.25) is 0 Å². The van der Waals surface area contributed by atoms with Gasteiger partial charge in [-0.1, -0.05) is 12.1 Å². The van der Waals surface area contributed by atoms with Gasteiger partial charge in [0.15, 0.2) is 0 Å². The molecule has 0 saturated carbocycles. The predicted octanol–water partition coefficient (Wildman–Crippen LogP) is 2.58. The van der Waals surface area contributed by atoms with Gasteiger partial charge in [-0.2, -0.15) is 5.26 Å². The number of nitrogens with two attached hydrogens (primary N) is 1. The third kappa shape index (κ3) is 2.67. The van der Waals surface area contributed by atoms with Gasteiger partial charge >= 0.3 is 0 Å². The Labute approximate surface area is 82.7 Å². The van der Waals surface area contributed by atoms with E-state index in [2.05, 4.69) is 6.07 Å². The maximum atomic E-state index is 8.37. The Morgan fingerprint density at radius 1 is 1.54 bits per heavy atom. The number of hydrogen-bond donors (Lipinski definition) is 1. The molecule has 1 aromatic rings. The van der Waals surface area contributed by atoms with Crippen LogP contribution < -0.4 is 5.73 Å². The highest BCUT2D eigenvalue weighted by Crippen LogP contribution is 2.27. The van der Waals surface area contributed by atoms with Crippen molar-refractivity contribution >= 4 is 17.4 Å². The number of hydrogen-bond acceptors (Lipinski definition) is 3. The van der Waals surface area contributed by atoms with E-state index < -0.39 is 0 Å². The predicted molar refractivity (Wildman–Crippen MR) is 56.5 cm³/mol. The average Bonchev–Trinajstić information content (AvgIpc) is 2.13. The van der Waals surface area contributed by atoms with Crippen molar-refractivity contribution < 1.29 is 0 Å². The van der Waals surface area contributed by atoms with Crippen LogP contribution in [0.15, 0.2) is 23.1 Å². The molecule has 0 aliphatic carbocycles. The summed E-state index contributed by atoms with van der Waals surface area (Å²) in [6.45, 7) is 1.99. The van der Waals surface area contributed by atoms with E-state index in [9.17, 15) is 0 Å². The molecule has 0 heterocycles. The zero-order valence-corrected chi connectivity index (χ0v) is 8.40. The van der Waals surface area contributed by atoms with Crippen LogP contribution in [-0.2, 0) is 0 Å². The number of benzene rings is 1. The van der Waals surface area contributed by atoms with Crippen LogP contribution in [0.5, 0.6) is 0 Å². The molecule has 0 aromatic heterocycles. The second-order valence-corrected chi connectivity index (χ2v) is 3.88. The maximum absolute atomic E-state index is 8.37. The summed E-state index contributed by atoms with van der Waals surface area (Å²) in [5.74, 6) is 0.810. The van der Waals surface area contributed by atoms with Gasteiger partial charge in [-0.05, 0) is 18.6 Å². The Morgan fingerprint density at radius 2 is 2.31 bits per heavy atom. The highest BCUT2D eigenvalue weighted by atomic mass is 32.2. The largest absolute Gasteiger partial charge is 0.398 e. The molecule has 0 fully saturated rings. The second kappa shape index (κ2) is 4.78. The fourth-order valence-corrected chi connectivity index (χ4v) is 1.89. The molecule has 3 heteroatoms. The highest BCUT2D eigenvalue weighted by molar-refractivity contribution is 7.99. The lowest BCUT2D eigenvalue weighted by molar-refractivity contribution is 1.23. The number of anilines is 1. The monoisotopic (exact) mass is 192 g/mol. The van der Waals surface area contributed by atoms with Crippen molar-refractivity contribution in [3.63, 3.8) is 0 Å². The summed E-state index contributed by atoms with van der Waals surface area (Å²) < 4.78 is 0. The molecule has 0 radical (unpaired) electrons. The molecule has 0 saturated heterocycles. The van der Waals surface area contributed by atoms with Crippen LogP contribution in [0.3, 0.4) is 0 Å². The zero-order valence-electron chi connectivity index (χ0n) is 7.58. The Hall–Kier alpha value is -1.14. The molecule has 0 aliphatic heterocycles. The fraction of sp³-hybridized carbons (Fsp3) is 0.300. The summed E-state index contributed by atoms with van der Waals surface area (Å²) in [6, 6.07) is 8.08. The van der Waals surface area contributed by atoms with Gasteiger partial charge in [-0.15, -0.1) is 11.8 Å². The van der Waals surface area contributed by atoms with Gasteiger partial charge in [0, 0.05) is 22.8 Å². The third-order valence-corrected chi connectivity index (χ3v) is 2.83. The molecule has 1 aromatic carbocycles. The molecule has 0 unspecified atom stereocenters. The molecule has 0 amide bonds. The number of nitriles is 1. The SMILES string of the molecule is Cc1cccc(SCCC#N)c1N. The number of aryl methyl sites for hydroxylation is 1. The molecular weight excluding hydrogens is 180 g/mol. The summed E-state index contributed by atoms with van der Waals surface area (Å²) in [4.78, 5) is 1.08. The van der Waals surface area contributed by atoms with Crippen LogP contribution in [0.25, 0.3) is 0 Å². The molecule has 0 aliphatic rings. The summed E-state index contributed by atoms with van der Waals surface area (Å²) >= 11 is 1.64. The number of thioether (sulfide) groups is 1. The minimum Gasteiger partial charge on any atom is -0.398 e. The first-order valence-corrected chi connectivity index (χ1v) is 5.09. The average molecular weight is 192 g/mol. The minimum absolute atomic E-state index is 0.568. The van der Waals surface area contributed by atoms with Gasteiger partial charge in [0.05, 0.1) is 6.07 Å². The summed E-state index contributed by atoms with van der Waals surface area (Å²) in [6.07, 6.45) is 0.568. The highest BCUT2D eigenvalue weighted by Gasteiger charge is 2.00. The van der Waals surface area contributed by atoms with Crippen molar-refractivity contribution in [2.45, 2.75) is 18.2 Å². The minimum atomic E-state index is 0.568. The summed E-state index contributed by atoms with van der Waals surface area (Å²) in [7, 11) is 0. The van der Waals surface area contributed by atoms with Crippen LogP contribution in [0.1, 0.15) is 12.0 Å². The fourth-order valence-electron chi connectivity index (χ4n) is 0.986. The van der Waals surface area contributed by atoms with Gasteiger partial charge in [-0.3, -0.25) is 0 Å². The van der Waals surface area contributed by atoms with E-state index in [1.807, 2.05) is 25.1 Å². The van der Waals surface area contributed by atoms with Gasteiger partial charge < -0.3 is 5.73 Å². The van der Waals surface area contributed by atoms with Crippen LogP contribution in [0.4, 0.5) is 5.69 Å². The van der Waals surface area contributed by atoms with Gasteiger partial charge in [0.1, 0.15) is 0 Å². The van der Waals surface area contributed by atoms with E-state index in [1.165, 1.54) is 0 Å². The molecule has 68 valence electrons. The topological polar surface area (TPSA) is 49.8 Å². The van der Waals surface area contributed by atoms with E-state index in [4.69, 9.17) is 11.0 Å². The smallest absolute Gasteiger partial charge is 0.0630 e. The Kier molecular flexibility index (Phi) is 3.66. The Bertz CT molecular complexity index is 328. The molecule has 2 nitrogen and oxygen atoms in total. The lowest BCUT2D eigenvalue weighted by atomic mass is 10.2. The lowest BCUT2D eigenvalue weighted by Gasteiger charge is -2.05. The maximum Gasteiger partial charge on any atom is 0.0630 e. The molecule has 1 rings (SSSR count). The first-order chi connectivity index (χ1) is 6.25. The Morgan fingerprint density at radius 3 is 3.00 bits per heavy atom. The van der Waals surface area contributed by atoms with Gasteiger partial charge in [0.25, 0.3) is 0 Å². The van der Waals surface area contributed by atoms with Crippen LogP contribution in [0.2, 0.25) is 0 Å². The van der Waals surface area contributed by atoms with E-state index in [0.29, 0.717) is 6.42 Å². The molecule has 13 heavy (non-hydrogen) atoms. The van der Waals surface area contributed by atoms with E-state index in [-0.39, 0.29) is 0 Å². The molecule has 0 bridgehead atoms. The van der Waals surface area contributed by atoms with Gasteiger partial charge in [-0.25, -0.2) is 0 Å². The number of rotatable bonds is 3. The van der Waals surface area contributed by atoms with Crippen LogP contribution in [-0.4, -0.2) is 5.75 Å². The number of nitrogen functional groups attached to an aromatic ring is 1. The number of nitrogens with zero attached hydrogens (tertiary/aromatic N) is 1. The first kappa shape index (κ1) is 9.94. The van der Waals surface area contributed by atoms with E-state index in [0.717, 1.165) is 21.9 Å². The van der Waals surface area contributed by atoms with E-state index in [1.54, 1.807) is 11.8 Å². The van der Waals surface area contributed by atoms with Crippen molar-refractivity contribution in [1.29, 1.82) is 5.26 Å². The summed E-state index contributed by atoms with van der Waals surface area (Å²) in [5, 5.41) is 8.37. The van der Waals surface area contributed by atoms with Crippen LogP contribution in [0, 0.1) is 18.3 Å². The van der Waals surface area contributed by atoms with Crippen molar-refractivity contribution in [2.75, 3.05) is 11.5 Å². The molecule has 2 N–H and O–H groups in total. The standard InChI is InChI=1S/C10H12N2S/c1-8-4-2-5-9(10(8)12)13-7-3-6-11/h2,4-5H,3,7,12H2,1H3. The van der Waals surface area contributed by atoms with Crippen molar-refractivity contribution in [1.82, 2.24) is 0 Å². The zero-order chi connectivity index (χ0) is 9.68. The van der Waals surface area contributed by atoms with Crippen molar-refractivity contribution in [2.24, 2.45) is 0 Å². The quantitative estimate of drug-likeness (QED) is 0.455. The lowest BCUT2D eigenvalue weighted by Crippen LogP contribution is -1.92. The normalized spacial score (nSPS) is 9.54. The van der Waals surface area contributed by atoms with Crippen molar-refractivity contribution in [3.05, 3.63) is 23.8 Å².